The van der Waals surface area contributed by atoms with E-state index in [1.54, 1.807) is 6.20 Å². The van der Waals surface area contributed by atoms with Crippen molar-refractivity contribution in [3.63, 3.8) is 0 Å². The number of ether oxygens (including phenoxy) is 2. The molecule has 8 heteroatoms. The van der Waals surface area contributed by atoms with Crippen LogP contribution in [0.1, 0.15) is 5.56 Å². The molecule has 2 aromatic heterocycles. The maximum atomic E-state index is 5.39. The van der Waals surface area contributed by atoms with Crippen molar-refractivity contribution in [3.8, 4) is 11.5 Å². The summed E-state index contributed by atoms with van der Waals surface area (Å²) in [7, 11) is 0. The number of hydrogen-bond donors (Lipinski definition) is 3. The normalized spacial score (nSPS) is 12.3. The Bertz CT molecular complexity index is 1130. The molecule has 0 bridgehead atoms. The molecule has 140 valence electrons. The van der Waals surface area contributed by atoms with E-state index in [1.165, 1.54) is 10.9 Å². The molecule has 0 aliphatic carbocycles. The van der Waals surface area contributed by atoms with Crippen LogP contribution in [0.4, 0.5) is 17.5 Å². The third kappa shape index (κ3) is 3.27. The van der Waals surface area contributed by atoms with Crippen molar-refractivity contribution in [2.75, 3.05) is 24.0 Å². The third-order valence-corrected chi connectivity index (χ3v) is 4.56. The lowest BCUT2D eigenvalue weighted by atomic mass is 10.1. The van der Waals surface area contributed by atoms with Crippen molar-refractivity contribution in [1.82, 2.24) is 20.2 Å². The van der Waals surface area contributed by atoms with Gasteiger partial charge in [0.25, 0.3) is 0 Å². The third-order valence-electron chi connectivity index (χ3n) is 4.56. The predicted molar refractivity (Wildman–Crippen MR) is 106 cm³/mol. The van der Waals surface area contributed by atoms with E-state index in [0.717, 1.165) is 29.9 Å². The van der Waals surface area contributed by atoms with Gasteiger partial charge in [-0.15, -0.1) is 5.10 Å². The molecular formula is C20H18N6O2. The Hall–Kier alpha value is -3.81. The molecule has 3 heterocycles. The molecule has 1 aliphatic heterocycles. The van der Waals surface area contributed by atoms with Crippen molar-refractivity contribution < 1.29 is 9.47 Å². The second-order valence-electron chi connectivity index (χ2n) is 6.39. The summed E-state index contributed by atoms with van der Waals surface area (Å²) in [6, 6.07) is 13.9. The van der Waals surface area contributed by atoms with Gasteiger partial charge in [-0.1, -0.05) is 18.2 Å². The van der Waals surface area contributed by atoms with Crippen LogP contribution in [-0.4, -0.2) is 33.5 Å². The molecule has 5 rings (SSSR count). The van der Waals surface area contributed by atoms with Gasteiger partial charge < -0.3 is 25.1 Å². The number of nitrogens with zero attached hydrogens (tertiary/aromatic N) is 3. The number of anilines is 3. The number of aromatic amines is 1. The monoisotopic (exact) mass is 374 g/mol. The number of H-pyrrole nitrogens is 1. The van der Waals surface area contributed by atoms with Crippen molar-refractivity contribution >= 4 is 28.4 Å². The predicted octanol–water partition coefficient (Wildman–Crippen LogP) is 3.48. The van der Waals surface area contributed by atoms with Crippen LogP contribution in [0, 0.1) is 0 Å². The highest BCUT2D eigenvalue weighted by atomic mass is 16.7. The van der Waals surface area contributed by atoms with Gasteiger partial charge in [-0.25, -0.2) is 0 Å². The van der Waals surface area contributed by atoms with Crippen LogP contribution >= 0.6 is 0 Å². The van der Waals surface area contributed by atoms with E-state index in [-0.39, 0.29) is 6.79 Å². The maximum Gasteiger partial charge on any atom is 0.249 e. The molecule has 0 amide bonds. The van der Waals surface area contributed by atoms with E-state index < -0.39 is 0 Å². The quantitative estimate of drug-likeness (QED) is 0.475. The number of aromatic nitrogens is 4. The number of para-hydroxylation sites is 1. The molecule has 4 aromatic rings. The van der Waals surface area contributed by atoms with E-state index in [1.807, 2.05) is 24.3 Å². The van der Waals surface area contributed by atoms with Crippen molar-refractivity contribution in [1.29, 1.82) is 0 Å². The Kier molecular flexibility index (Phi) is 4.13. The Balaban J connectivity index is 1.23. The van der Waals surface area contributed by atoms with Crippen LogP contribution in [0.2, 0.25) is 0 Å². The van der Waals surface area contributed by atoms with Gasteiger partial charge in [-0.3, -0.25) is 0 Å². The van der Waals surface area contributed by atoms with E-state index in [0.29, 0.717) is 17.5 Å². The molecule has 2 aromatic carbocycles. The van der Waals surface area contributed by atoms with Crippen LogP contribution < -0.4 is 20.1 Å². The van der Waals surface area contributed by atoms with E-state index in [9.17, 15) is 0 Å². The number of benzene rings is 2. The van der Waals surface area contributed by atoms with Gasteiger partial charge in [0.1, 0.15) is 0 Å². The largest absolute Gasteiger partial charge is 0.454 e. The highest BCUT2D eigenvalue weighted by molar-refractivity contribution is 5.83. The van der Waals surface area contributed by atoms with Gasteiger partial charge in [0.15, 0.2) is 17.3 Å². The summed E-state index contributed by atoms with van der Waals surface area (Å²) in [4.78, 5) is 7.76. The van der Waals surface area contributed by atoms with E-state index in [2.05, 4.69) is 55.2 Å². The summed E-state index contributed by atoms with van der Waals surface area (Å²) in [5.74, 6) is 2.51. The standard InChI is InChI=1S/C20H18N6O2/c1-2-4-16-15(3-1)13(10-22-16)7-8-21-19-11-23-26-20(25-19)24-14-5-6-17-18(9-14)28-12-27-17/h1-6,9-11,22H,7-8,12H2,(H2,21,24,25,26). The zero-order chi connectivity index (χ0) is 18.8. The lowest BCUT2D eigenvalue weighted by molar-refractivity contribution is 0.174. The molecule has 0 fully saturated rings. The minimum absolute atomic E-state index is 0.243. The average molecular weight is 374 g/mol. The van der Waals surface area contributed by atoms with Crippen LogP contribution in [0.3, 0.4) is 0 Å². The Labute approximate surface area is 160 Å². The first-order chi connectivity index (χ1) is 13.8. The topological polar surface area (TPSA) is 97.0 Å². The van der Waals surface area contributed by atoms with Gasteiger partial charge in [-0.2, -0.15) is 10.1 Å². The molecule has 0 atom stereocenters. The Morgan fingerprint density at radius 3 is 3.00 bits per heavy atom. The molecule has 1 aliphatic rings. The fourth-order valence-electron chi connectivity index (χ4n) is 3.21. The summed E-state index contributed by atoms with van der Waals surface area (Å²) >= 11 is 0. The van der Waals surface area contributed by atoms with Crippen molar-refractivity contribution in [3.05, 3.63) is 60.4 Å². The van der Waals surface area contributed by atoms with Gasteiger partial charge in [0.2, 0.25) is 12.7 Å². The lowest BCUT2D eigenvalue weighted by Crippen LogP contribution is -2.08. The molecule has 0 saturated heterocycles. The number of fused-ring (bicyclic) bond motifs is 2. The summed E-state index contributed by atoms with van der Waals surface area (Å²) in [6.45, 7) is 0.983. The minimum Gasteiger partial charge on any atom is -0.454 e. The summed E-state index contributed by atoms with van der Waals surface area (Å²) in [6.07, 6.45) is 4.54. The fraction of sp³-hybridized carbons (Fsp3) is 0.150. The van der Waals surface area contributed by atoms with Crippen LogP contribution in [0.15, 0.2) is 54.9 Å². The first-order valence-corrected chi connectivity index (χ1v) is 9.00. The summed E-state index contributed by atoms with van der Waals surface area (Å²) in [5.41, 5.74) is 3.22. The zero-order valence-corrected chi connectivity index (χ0v) is 15.0. The Morgan fingerprint density at radius 2 is 2.00 bits per heavy atom. The minimum atomic E-state index is 0.243. The number of hydrogen-bond acceptors (Lipinski definition) is 7. The van der Waals surface area contributed by atoms with Crippen molar-refractivity contribution in [2.24, 2.45) is 0 Å². The first kappa shape index (κ1) is 16.4. The number of nitrogens with one attached hydrogen (secondary N) is 3. The maximum absolute atomic E-state index is 5.39. The SMILES string of the molecule is c1ccc2c(CCNc3cnnc(Nc4ccc5c(c4)OCO5)n3)c[nH]c2c1. The molecule has 0 saturated carbocycles. The average Bonchev–Trinajstić information content (AvgIpc) is 3.35. The molecule has 0 spiro atoms. The second kappa shape index (κ2) is 7.07. The lowest BCUT2D eigenvalue weighted by Gasteiger charge is -2.08. The molecule has 28 heavy (non-hydrogen) atoms. The molecular weight excluding hydrogens is 356 g/mol. The smallest absolute Gasteiger partial charge is 0.249 e. The van der Waals surface area contributed by atoms with Crippen LogP contribution in [0.25, 0.3) is 10.9 Å². The highest BCUT2D eigenvalue weighted by Crippen LogP contribution is 2.34. The van der Waals surface area contributed by atoms with Crippen LogP contribution in [0.5, 0.6) is 11.5 Å². The summed E-state index contributed by atoms with van der Waals surface area (Å²) in [5, 5.41) is 15.7. The molecule has 0 unspecified atom stereocenters. The molecule has 3 N–H and O–H groups in total. The zero-order valence-electron chi connectivity index (χ0n) is 15.0. The van der Waals surface area contributed by atoms with E-state index in [4.69, 9.17) is 9.47 Å². The number of rotatable bonds is 6. The van der Waals surface area contributed by atoms with Gasteiger partial charge in [-0.05, 0) is 30.2 Å². The first-order valence-electron chi connectivity index (χ1n) is 9.00. The van der Waals surface area contributed by atoms with Gasteiger partial charge in [0, 0.05) is 35.4 Å². The molecule has 0 radical (unpaired) electrons. The summed E-state index contributed by atoms with van der Waals surface area (Å²) < 4.78 is 10.7. The van der Waals surface area contributed by atoms with E-state index >= 15 is 0 Å². The molecule has 8 nitrogen and oxygen atoms in total. The fourth-order valence-corrected chi connectivity index (χ4v) is 3.21. The highest BCUT2D eigenvalue weighted by Gasteiger charge is 2.13. The Morgan fingerprint density at radius 1 is 1.07 bits per heavy atom. The van der Waals surface area contributed by atoms with Gasteiger partial charge in [0.05, 0.1) is 6.20 Å². The van der Waals surface area contributed by atoms with Crippen LogP contribution in [-0.2, 0) is 6.42 Å². The van der Waals surface area contributed by atoms with Crippen molar-refractivity contribution in [2.45, 2.75) is 6.42 Å². The second-order valence-corrected chi connectivity index (χ2v) is 6.39. The van der Waals surface area contributed by atoms with Gasteiger partial charge >= 0.3 is 0 Å².